The fourth-order valence-corrected chi connectivity index (χ4v) is 3.79. The first kappa shape index (κ1) is 21.5. The van der Waals surface area contributed by atoms with Gasteiger partial charge in [-0.3, -0.25) is 9.59 Å². The van der Waals surface area contributed by atoms with Gasteiger partial charge in [0.05, 0.1) is 5.69 Å². The highest BCUT2D eigenvalue weighted by atomic mass is 16.5. The van der Waals surface area contributed by atoms with Crippen LogP contribution in [0.2, 0.25) is 0 Å². The molecule has 2 heterocycles. The number of nitrogens with two attached hydrogens (primary N) is 1. The number of hydrogen-bond donors (Lipinski definition) is 1. The molecule has 1 unspecified atom stereocenters. The maximum absolute atomic E-state index is 12.8. The monoisotopic (exact) mass is 430 g/mol. The van der Waals surface area contributed by atoms with E-state index in [1.807, 2.05) is 59.5 Å². The number of ketones is 2. The van der Waals surface area contributed by atoms with Gasteiger partial charge in [-0.25, -0.2) is 0 Å². The minimum absolute atomic E-state index is 0.00703. The number of benzene rings is 2. The summed E-state index contributed by atoms with van der Waals surface area (Å²) in [4.78, 5) is 30.3. The van der Waals surface area contributed by atoms with E-state index >= 15 is 0 Å². The lowest BCUT2D eigenvalue weighted by Gasteiger charge is -2.26. The third-order valence-electron chi connectivity index (χ3n) is 5.69. The van der Waals surface area contributed by atoms with Crippen molar-refractivity contribution in [3.63, 3.8) is 0 Å². The zero-order chi connectivity index (χ0) is 22.5. The van der Waals surface area contributed by atoms with Crippen molar-refractivity contribution in [3.05, 3.63) is 83.0 Å². The predicted molar refractivity (Wildman–Crippen MR) is 122 cm³/mol. The molecule has 1 atom stereocenters. The largest absolute Gasteiger partial charge is 0.369 e. The maximum atomic E-state index is 12.8. The average molecular weight is 431 g/mol. The smallest absolute Gasteiger partial charge is 0.253 e. The SMILES string of the molecule is CC(Cc1cc(N=C(N)N2CCC(=O)CC2)on1)c1cccc(C(=O)c2ccccc2)c1. The molecule has 2 aromatic carbocycles. The van der Waals surface area contributed by atoms with Crippen molar-refractivity contribution in [3.8, 4) is 0 Å². The summed E-state index contributed by atoms with van der Waals surface area (Å²) in [7, 11) is 0. The Kier molecular flexibility index (Phi) is 6.44. The van der Waals surface area contributed by atoms with Crippen LogP contribution in [-0.2, 0) is 11.2 Å². The summed E-state index contributed by atoms with van der Waals surface area (Å²) in [6, 6.07) is 18.7. The summed E-state index contributed by atoms with van der Waals surface area (Å²) in [5.41, 5.74) is 9.22. The fourth-order valence-electron chi connectivity index (χ4n) is 3.79. The molecule has 0 aliphatic carbocycles. The zero-order valence-corrected chi connectivity index (χ0v) is 18.0. The molecule has 0 spiro atoms. The number of nitrogens with zero attached hydrogens (tertiary/aromatic N) is 3. The van der Waals surface area contributed by atoms with Crippen LogP contribution in [0.25, 0.3) is 0 Å². The molecule has 164 valence electrons. The van der Waals surface area contributed by atoms with E-state index in [2.05, 4.69) is 17.1 Å². The average Bonchev–Trinajstić information content (AvgIpc) is 3.26. The molecular weight excluding hydrogens is 404 g/mol. The molecule has 4 rings (SSSR count). The molecule has 1 aliphatic rings. The molecule has 1 aromatic heterocycles. The van der Waals surface area contributed by atoms with Crippen molar-refractivity contribution in [1.82, 2.24) is 10.1 Å². The van der Waals surface area contributed by atoms with Crippen LogP contribution in [-0.4, -0.2) is 40.7 Å². The molecule has 0 radical (unpaired) electrons. The Morgan fingerprint density at radius 2 is 1.81 bits per heavy atom. The van der Waals surface area contributed by atoms with Crippen molar-refractivity contribution in [2.45, 2.75) is 32.1 Å². The number of carbonyl (C=O) groups is 2. The van der Waals surface area contributed by atoms with Crippen LogP contribution in [0, 0.1) is 0 Å². The molecule has 32 heavy (non-hydrogen) atoms. The van der Waals surface area contributed by atoms with Crippen LogP contribution in [0.3, 0.4) is 0 Å². The number of hydrogen-bond acceptors (Lipinski definition) is 5. The van der Waals surface area contributed by atoms with Crippen molar-refractivity contribution in [2.75, 3.05) is 13.1 Å². The Bertz CT molecular complexity index is 1130. The van der Waals surface area contributed by atoms with Gasteiger partial charge in [-0.2, -0.15) is 4.99 Å². The molecule has 1 saturated heterocycles. The Balaban J connectivity index is 1.42. The minimum atomic E-state index is 0.00703. The topological polar surface area (TPSA) is 102 Å². The molecule has 1 fully saturated rings. The quantitative estimate of drug-likeness (QED) is 0.362. The summed E-state index contributed by atoms with van der Waals surface area (Å²) < 4.78 is 5.34. The fraction of sp³-hybridized carbons (Fsp3) is 0.280. The van der Waals surface area contributed by atoms with E-state index in [0.29, 0.717) is 55.3 Å². The first-order valence-corrected chi connectivity index (χ1v) is 10.8. The van der Waals surface area contributed by atoms with Gasteiger partial charge in [0.25, 0.3) is 5.88 Å². The highest BCUT2D eigenvalue weighted by Gasteiger charge is 2.19. The van der Waals surface area contributed by atoms with E-state index in [0.717, 1.165) is 11.3 Å². The predicted octanol–water partition coefficient (Wildman–Crippen LogP) is 3.86. The van der Waals surface area contributed by atoms with Gasteiger partial charge in [-0.05, 0) is 24.0 Å². The van der Waals surface area contributed by atoms with Gasteiger partial charge in [0.1, 0.15) is 5.78 Å². The summed E-state index contributed by atoms with van der Waals surface area (Å²) in [6.07, 6.45) is 1.61. The van der Waals surface area contributed by atoms with Crippen molar-refractivity contribution >= 4 is 23.4 Å². The molecule has 0 saturated carbocycles. The van der Waals surface area contributed by atoms with Gasteiger partial charge in [0.15, 0.2) is 11.7 Å². The lowest BCUT2D eigenvalue weighted by molar-refractivity contribution is -0.120. The second-order valence-corrected chi connectivity index (χ2v) is 8.08. The highest BCUT2D eigenvalue weighted by Crippen LogP contribution is 2.24. The summed E-state index contributed by atoms with van der Waals surface area (Å²) in [5, 5.41) is 4.12. The number of piperidine rings is 1. The van der Waals surface area contributed by atoms with Gasteiger partial charge < -0.3 is 15.2 Å². The first-order chi connectivity index (χ1) is 15.5. The lowest BCUT2D eigenvalue weighted by atomic mass is 9.93. The molecule has 1 aliphatic heterocycles. The number of guanidine groups is 1. The Morgan fingerprint density at radius 3 is 2.56 bits per heavy atom. The van der Waals surface area contributed by atoms with E-state index in [9.17, 15) is 9.59 Å². The van der Waals surface area contributed by atoms with Crippen molar-refractivity contribution in [1.29, 1.82) is 0 Å². The number of rotatable bonds is 6. The second kappa shape index (κ2) is 9.60. The minimum Gasteiger partial charge on any atom is -0.369 e. The first-order valence-electron chi connectivity index (χ1n) is 10.8. The van der Waals surface area contributed by atoms with Gasteiger partial charge in [-0.15, -0.1) is 0 Å². The van der Waals surface area contributed by atoms with Crippen molar-refractivity contribution in [2.24, 2.45) is 10.7 Å². The summed E-state index contributed by atoms with van der Waals surface area (Å²) in [6.45, 7) is 3.23. The van der Waals surface area contributed by atoms with Crippen LogP contribution >= 0.6 is 0 Å². The Labute approximate surface area is 186 Å². The number of aliphatic imine (C=N–C) groups is 1. The van der Waals surface area contributed by atoms with Gasteiger partial charge >= 0.3 is 0 Å². The third kappa shape index (κ3) is 5.11. The van der Waals surface area contributed by atoms with Crippen LogP contribution in [0.15, 0.2) is 70.2 Å². The maximum Gasteiger partial charge on any atom is 0.253 e. The molecule has 2 N–H and O–H groups in total. The van der Waals surface area contributed by atoms with Crippen molar-refractivity contribution < 1.29 is 14.1 Å². The number of aromatic nitrogens is 1. The second-order valence-electron chi connectivity index (χ2n) is 8.08. The van der Waals surface area contributed by atoms with Crippen LogP contribution < -0.4 is 5.73 Å². The number of likely N-dealkylation sites (tertiary alicyclic amines) is 1. The standard InChI is InChI=1S/C25H26N4O3/c1-17(19-8-5-9-20(15-19)24(31)18-6-3-2-4-7-18)14-21-16-23(32-28-21)27-25(26)29-12-10-22(30)11-13-29/h2-9,15-17H,10-14H2,1H3,(H2,26,27). The normalized spacial score (nSPS) is 15.6. The van der Waals surface area contributed by atoms with Gasteiger partial charge in [0, 0.05) is 43.1 Å². The number of Topliss-reactive ketones (excluding diaryl/α,β-unsaturated/α-hetero) is 1. The van der Waals surface area contributed by atoms with Crippen LogP contribution in [0.4, 0.5) is 5.88 Å². The van der Waals surface area contributed by atoms with Gasteiger partial charge in [0.2, 0.25) is 0 Å². The van der Waals surface area contributed by atoms with E-state index in [1.165, 1.54) is 0 Å². The molecule has 0 amide bonds. The third-order valence-corrected chi connectivity index (χ3v) is 5.69. The molecule has 0 bridgehead atoms. The molecule has 3 aromatic rings. The Morgan fingerprint density at radius 1 is 1.09 bits per heavy atom. The molecule has 7 heteroatoms. The van der Waals surface area contributed by atoms with Crippen LogP contribution in [0.5, 0.6) is 0 Å². The molecule has 7 nitrogen and oxygen atoms in total. The highest BCUT2D eigenvalue weighted by molar-refractivity contribution is 6.09. The lowest BCUT2D eigenvalue weighted by Crippen LogP contribution is -2.42. The van der Waals surface area contributed by atoms with Gasteiger partial charge in [-0.1, -0.05) is 60.6 Å². The van der Waals surface area contributed by atoms with Crippen LogP contribution in [0.1, 0.15) is 52.9 Å². The van der Waals surface area contributed by atoms with E-state index < -0.39 is 0 Å². The number of carbonyl (C=O) groups excluding carboxylic acids is 2. The zero-order valence-electron chi connectivity index (χ0n) is 18.0. The molecular formula is C25H26N4O3. The Hall–Kier alpha value is -3.74. The van der Waals surface area contributed by atoms with E-state index in [4.69, 9.17) is 10.3 Å². The van der Waals surface area contributed by atoms with E-state index in [1.54, 1.807) is 6.07 Å². The van der Waals surface area contributed by atoms with E-state index in [-0.39, 0.29) is 17.5 Å². The summed E-state index contributed by atoms with van der Waals surface area (Å²) >= 11 is 0. The summed E-state index contributed by atoms with van der Waals surface area (Å²) in [5.74, 6) is 1.06.